The van der Waals surface area contributed by atoms with Crippen molar-refractivity contribution in [3.63, 3.8) is 0 Å². The number of anilines is 1. The topological polar surface area (TPSA) is 52.0 Å². The zero-order valence-electron chi connectivity index (χ0n) is 10.0. The van der Waals surface area contributed by atoms with Crippen LogP contribution in [0.3, 0.4) is 0 Å². The maximum atomic E-state index is 9.24. The summed E-state index contributed by atoms with van der Waals surface area (Å²) in [7, 11) is 2.04. The smallest absolute Gasteiger partial charge is 0.146 e. The Hall–Kier alpha value is -1.60. The third-order valence-corrected chi connectivity index (χ3v) is 3.79. The van der Waals surface area contributed by atoms with E-state index in [4.69, 9.17) is 4.98 Å². The molecule has 4 nitrogen and oxygen atoms in total. The van der Waals surface area contributed by atoms with Crippen molar-refractivity contribution in [2.75, 3.05) is 25.0 Å². The first kappa shape index (κ1) is 10.5. The van der Waals surface area contributed by atoms with Gasteiger partial charge in [0.25, 0.3) is 0 Å². The fourth-order valence-electron chi connectivity index (χ4n) is 2.53. The molecular weight excluding hydrogens is 212 g/mol. The Morgan fingerprint density at radius 2 is 2.29 bits per heavy atom. The lowest BCUT2D eigenvalue weighted by Gasteiger charge is -2.36. The van der Waals surface area contributed by atoms with Gasteiger partial charge in [-0.1, -0.05) is 0 Å². The van der Waals surface area contributed by atoms with Gasteiger partial charge in [0, 0.05) is 25.8 Å². The molecule has 17 heavy (non-hydrogen) atoms. The highest BCUT2D eigenvalue weighted by molar-refractivity contribution is 5.57. The van der Waals surface area contributed by atoms with E-state index in [-0.39, 0.29) is 0 Å². The molecule has 1 aliphatic carbocycles. The van der Waals surface area contributed by atoms with E-state index in [2.05, 4.69) is 16.3 Å². The van der Waals surface area contributed by atoms with Gasteiger partial charge in [-0.3, -0.25) is 0 Å². The van der Waals surface area contributed by atoms with E-state index in [9.17, 15) is 5.26 Å². The van der Waals surface area contributed by atoms with Crippen molar-refractivity contribution in [2.24, 2.45) is 0 Å². The van der Waals surface area contributed by atoms with Crippen molar-refractivity contribution in [2.45, 2.75) is 25.3 Å². The monoisotopic (exact) mass is 228 g/mol. The fourth-order valence-corrected chi connectivity index (χ4v) is 2.53. The van der Waals surface area contributed by atoms with Gasteiger partial charge < -0.3 is 10.2 Å². The van der Waals surface area contributed by atoms with E-state index < -0.39 is 0 Å². The first-order chi connectivity index (χ1) is 8.29. The Bertz CT molecular complexity index is 485. The minimum absolute atomic E-state index is 0.481. The second-order valence-corrected chi connectivity index (χ2v) is 4.85. The number of nitrogens with one attached hydrogen (secondary N) is 1. The molecule has 0 bridgehead atoms. The first-order valence-electron chi connectivity index (χ1n) is 6.16. The van der Waals surface area contributed by atoms with Crippen LogP contribution in [0.1, 0.15) is 23.2 Å². The molecule has 0 atom stereocenters. The second-order valence-electron chi connectivity index (χ2n) is 4.85. The van der Waals surface area contributed by atoms with Gasteiger partial charge in [0.1, 0.15) is 11.9 Å². The zero-order valence-corrected chi connectivity index (χ0v) is 10.0. The molecule has 0 aromatic carbocycles. The van der Waals surface area contributed by atoms with E-state index in [1.807, 2.05) is 13.1 Å². The predicted octanol–water partition coefficient (Wildman–Crippen LogP) is 0.850. The van der Waals surface area contributed by atoms with Crippen molar-refractivity contribution in [3.05, 3.63) is 22.9 Å². The molecule has 3 rings (SSSR count). The molecular formula is C13H16N4. The minimum Gasteiger partial charge on any atom is -0.353 e. The van der Waals surface area contributed by atoms with Crippen LogP contribution in [0.15, 0.2) is 6.07 Å². The Labute approximate surface area is 101 Å². The van der Waals surface area contributed by atoms with Crippen LogP contribution in [0, 0.1) is 11.3 Å². The van der Waals surface area contributed by atoms with Gasteiger partial charge in [-0.05, 0) is 30.9 Å². The average molecular weight is 228 g/mol. The van der Waals surface area contributed by atoms with E-state index >= 15 is 0 Å². The number of nitrogens with zero attached hydrogens (tertiary/aromatic N) is 3. The summed E-state index contributed by atoms with van der Waals surface area (Å²) in [5, 5.41) is 12.5. The third-order valence-electron chi connectivity index (χ3n) is 3.79. The van der Waals surface area contributed by atoms with Crippen LogP contribution in [0.25, 0.3) is 0 Å². The highest BCUT2D eigenvalue weighted by atomic mass is 15.3. The molecule has 0 radical (unpaired) electrons. The normalized spacial score (nSPS) is 18.4. The number of aromatic nitrogens is 1. The lowest BCUT2D eigenvalue weighted by atomic mass is 10.1. The summed E-state index contributed by atoms with van der Waals surface area (Å²) in [5.74, 6) is 0.861. The van der Waals surface area contributed by atoms with Gasteiger partial charge in [-0.15, -0.1) is 0 Å². The number of rotatable bonds is 2. The van der Waals surface area contributed by atoms with Crippen molar-refractivity contribution in [3.8, 4) is 6.07 Å². The summed E-state index contributed by atoms with van der Waals surface area (Å²) in [6.45, 7) is 1.97. The van der Waals surface area contributed by atoms with Crippen LogP contribution in [0.5, 0.6) is 0 Å². The molecule has 0 unspecified atom stereocenters. The molecule has 0 amide bonds. The Kier molecular flexibility index (Phi) is 2.49. The van der Waals surface area contributed by atoms with Crippen molar-refractivity contribution in [1.82, 2.24) is 10.3 Å². The fraction of sp³-hybridized carbons (Fsp3) is 0.538. The SMILES string of the molecule is CN(c1nc2c(cc1C#N)CCC2)C1CNC1. The average Bonchev–Trinajstić information content (AvgIpc) is 2.71. The van der Waals surface area contributed by atoms with Gasteiger partial charge >= 0.3 is 0 Å². The number of hydrogen-bond acceptors (Lipinski definition) is 4. The minimum atomic E-state index is 0.481. The Morgan fingerprint density at radius 1 is 1.47 bits per heavy atom. The maximum absolute atomic E-state index is 9.24. The van der Waals surface area contributed by atoms with Crippen LogP contribution in [-0.2, 0) is 12.8 Å². The maximum Gasteiger partial charge on any atom is 0.146 e. The van der Waals surface area contributed by atoms with E-state index in [0.717, 1.165) is 37.3 Å². The quantitative estimate of drug-likeness (QED) is 0.815. The van der Waals surface area contributed by atoms with Crippen LogP contribution >= 0.6 is 0 Å². The number of pyridine rings is 1. The molecule has 2 aliphatic rings. The number of aryl methyl sites for hydroxylation is 2. The molecule has 0 spiro atoms. The molecule has 0 saturated carbocycles. The highest BCUT2D eigenvalue weighted by Crippen LogP contribution is 2.27. The number of fused-ring (bicyclic) bond motifs is 1. The second kappa shape index (κ2) is 4.01. The summed E-state index contributed by atoms with van der Waals surface area (Å²) in [6, 6.07) is 4.80. The molecule has 88 valence electrons. The molecule has 1 aromatic rings. The third kappa shape index (κ3) is 1.67. The molecule has 1 N–H and O–H groups in total. The molecule has 2 heterocycles. The summed E-state index contributed by atoms with van der Waals surface area (Å²) >= 11 is 0. The standard InChI is InChI=1S/C13H16N4/c1-17(11-7-15-8-11)13-10(6-14)5-9-3-2-4-12(9)16-13/h5,11,15H,2-4,7-8H2,1H3. The molecule has 1 aromatic heterocycles. The summed E-state index contributed by atoms with van der Waals surface area (Å²) < 4.78 is 0. The zero-order chi connectivity index (χ0) is 11.8. The molecule has 1 fully saturated rings. The molecule has 4 heteroatoms. The van der Waals surface area contributed by atoms with E-state index in [0.29, 0.717) is 6.04 Å². The van der Waals surface area contributed by atoms with Crippen LogP contribution in [0.4, 0.5) is 5.82 Å². The predicted molar refractivity (Wildman–Crippen MR) is 66.0 cm³/mol. The lowest BCUT2D eigenvalue weighted by molar-refractivity contribution is 0.426. The molecule has 1 aliphatic heterocycles. The van der Waals surface area contributed by atoms with Gasteiger partial charge in [0.2, 0.25) is 0 Å². The van der Waals surface area contributed by atoms with Gasteiger partial charge in [-0.2, -0.15) is 5.26 Å². The van der Waals surface area contributed by atoms with E-state index in [1.54, 1.807) is 0 Å². The first-order valence-corrected chi connectivity index (χ1v) is 6.16. The van der Waals surface area contributed by atoms with Crippen molar-refractivity contribution < 1.29 is 0 Å². The number of likely N-dealkylation sites (N-methyl/N-ethyl adjacent to an activating group) is 1. The Balaban J connectivity index is 2.00. The number of hydrogen-bond donors (Lipinski definition) is 1. The highest BCUT2D eigenvalue weighted by Gasteiger charge is 2.26. The van der Waals surface area contributed by atoms with Crippen molar-refractivity contribution >= 4 is 5.82 Å². The summed E-state index contributed by atoms with van der Waals surface area (Å²) in [4.78, 5) is 6.85. The van der Waals surface area contributed by atoms with E-state index in [1.165, 1.54) is 17.7 Å². The largest absolute Gasteiger partial charge is 0.353 e. The van der Waals surface area contributed by atoms with Crippen LogP contribution < -0.4 is 10.2 Å². The van der Waals surface area contributed by atoms with Crippen molar-refractivity contribution in [1.29, 1.82) is 5.26 Å². The van der Waals surface area contributed by atoms with Gasteiger partial charge in [-0.25, -0.2) is 4.98 Å². The van der Waals surface area contributed by atoms with Crippen LogP contribution in [0.2, 0.25) is 0 Å². The van der Waals surface area contributed by atoms with Crippen LogP contribution in [-0.4, -0.2) is 31.2 Å². The molecule has 1 saturated heterocycles. The lowest BCUT2D eigenvalue weighted by Crippen LogP contribution is -2.56. The van der Waals surface area contributed by atoms with Gasteiger partial charge in [0.05, 0.1) is 11.6 Å². The number of nitriles is 1. The summed E-state index contributed by atoms with van der Waals surface area (Å²) in [5.41, 5.74) is 3.18. The summed E-state index contributed by atoms with van der Waals surface area (Å²) in [6.07, 6.45) is 3.31. The van der Waals surface area contributed by atoms with Gasteiger partial charge in [0.15, 0.2) is 0 Å². The Morgan fingerprint density at radius 3 is 2.94 bits per heavy atom.